The molecule has 1 aromatic heterocycles. The number of nitrogens with zero attached hydrogens (tertiary/aromatic N) is 2. The van der Waals surface area contributed by atoms with Gasteiger partial charge in [-0.3, -0.25) is 0 Å². The van der Waals surface area contributed by atoms with Crippen molar-refractivity contribution in [2.75, 3.05) is 17.2 Å². The van der Waals surface area contributed by atoms with Crippen LogP contribution in [0.1, 0.15) is 40.5 Å². The fraction of sp³-hybridized carbons (Fsp3) is 0.692. The van der Waals surface area contributed by atoms with Crippen LogP contribution in [-0.2, 0) is 0 Å². The Kier molecular flexibility index (Phi) is 5.34. The highest BCUT2D eigenvalue weighted by Gasteiger charge is 2.17. The van der Waals surface area contributed by atoms with Crippen molar-refractivity contribution in [2.24, 2.45) is 5.73 Å². The summed E-state index contributed by atoms with van der Waals surface area (Å²) in [5, 5.41) is 6.71. The van der Waals surface area contributed by atoms with E-state index in [9.17, 15) is 0 Å². The first kappa shape index (κ1) is 14.7. The standard InChI is InChI=1S/C13H25N5/c1-5-10(2)17-11-8-12(16-9-15-11)18-13(3,4)6-7-14/h8-10H,5-7,14H2,1-4H3,(H2,15,16,17,18). The molecule has 0 spiro atoms. The van der Waals surface area contributed by atoms with E-state index in [4.69, 9.17) is 5.73 Å². The molecule has 1 heterocycles. The van der Waals surface area contributed by atoms with E-state index in [1.807, 2.05) is 6.07 Å². The zero-order chi connectivity index (χ0) is 13.6. The lowest BCUT2D eigenvalue weighted by Crippen LogP contribution is -2.33. The van der Waals surface area contributed by atoms with Gasteiger partial charge in [0, 0.05) is 17.6 Å². The third kappa shape index (κ3) is 4.87. The number of rotatable bonds is 7. The average molecular weight is 251 g/mol. The van der Waals surface area contributed by atoms with Crippen molar-refractivity contribution >= 4 is 11.6 Å². The van der Waals surface area contributed by atoms with Crippen molar-refractivity contribution in [1.82, 2.24) is 9.97 Å². The van der Waals surface area contributed by atoms with Gasteiger partial charge < -0.3 is 16.4 Å². The highest BCUT2D eigenvalue weighted by molar-refractivity contribution is 5.48. The molecule has 4 N–H and O–H groups in total. The SMILES string of the molecule is CCC(C)Nc1cc(NC(C)(C)CCN)ncn1. The molecule has 18 heavy (non-hydrogen) atoms. The second-order valence-corrected chi connectivity index (χ2v) is 5.29. The van der Waals surface area contributed by atoms with Gasteiger partial charge in [0.05, 0.1) is 0 Å². The predicted molar refractivity (Wildman–Crippen MR) is 76.8 cm³/mol. The first-order valence-electron chi connectivity index (χ1n) is 6.53. The van der Waals surface area contributed by atoms with Gasteiger partial charge in [0.15, 0.2) is 0 Å². The van der Waals surface area contributed by atoms with E-state index >= 15 is 0 Å². The van der Waals surface area contributed by atoms with E-state index in [-0.39, 0.29) is 5.54 Å². The smallest absolute Gasteiger partial charge is 0.131 e. The second-order valence-electron chi connectivity index (χ2n) is 5.29. The lowest BCUT2D eigenvalue weighted by Gasteiger charge is -2.26. The maximum Gasteiger partial charge on any atom is 0.131 e. The molecule has 1 aromatic rings. The first-order valence-corrected chi connectivity index (χ1v) is 6.53. The molecule has 102 valence electrons. The maximum atomic E-state index is 5.60. The molecule has 0 aromatic carbocycles. The summed E-state index contributed by atoms with van der Waals surface area (Å²) in [6, 6.07) is 2.34. The van der Waals surface area contributed by atoms with Crippen molar-refractivity contribution in [2.45, 2.75) is 52.1 Å². The van der Waals surface area contributed by atoms with Gasteiger partial charge >= 0.3 is 0 Å². The Morgan fingerprint density at radius 1 is 1.33 bits per heavy atom. The minimum Gasteiger partial charge on any atom is -0.367 e. The van der Waals surface area contributed by atoms with Crippen LogP contribution in [0.15, 0.2) is 12.4 Å². The molecule has 0 amide bonds. The van der Waals surface area contributed by atoms with Crippen molar-refractivity contribution in [1.29, 1.82) is 0 Å². The summed E-state index contributed by atoms with van der Waals surface area (Å²) in [6.45, 7) is 9.16. The summed E-state index contributed by atoms with van der Waals surface area (Å²) in [5.74, 6) is 1.68. The fourth-order valence-corrected chi connectivity index (χ4v) is 1.63. The van der Waals surface area contributed by atoms with Crippen molar-refractivity contribution < 1.29 is 0 Å². The average Bonchev–Trinajstić information content (AvgIpc) is 2.28. The van der Waals surface area contributed by atoms with Crippen LogP contribution >= 0.6 is 0 Å². The zero-order valence-electron chi connectivity index (χ0n) is 11.8. The molecule has 0 bridgehead atoms. The normalized spacial score (nSPS) is 13.2. The molecule has 5 heteroatoms. The minimum absolute atomic E-state index is 0.0588. The largest absolute Gasteiger partial charge is 0.367 e. The van der Waals surface area contributed by atoms with E-state index < -0.39 is 0 Å². The Morgan fingerprint density at radius 2 is 2.00 bits per heavy atom. The summed E-state index contributed by atoms with van der Waals surface area (Å²) in [5.41, 5.74) is 5.54. The van der Waals surface area contributed by atoms with E-state index in [2.05, 4.69) is 48.3 Å². The molecular weight excluding hydrogens is 226 g/mol. The van der Waals surface area contributed by atoms with Crippen molar-refractivity contribution in [3.05, 3.63) is 12.4 Å². The van der Waals surface area contributed by atoms with Crippen LogP contribution in [0.5, 0.6) is 0 Å². The predicted octanol–water partition coefficient (Wildman–Crippen LogP) is 2.23. The lowest BCUT2D eigenvalue weighted by atomic mass is 10.0. The van der Waals surface area contributed by atoms with Crippen LogP contribution in [-0.4, -0.2) is 28.1 Å². The molecule has 5 nitrogen and oxygen atoms in total. The summed E-state index contributed by atoms with van der Waals surface area (Å²) < 4.78 is 0. The summed E-state index contributed by atoms with van der Waals surface area (Å²) in [7, 11) is 0. The van der Waals surface area contributed by atoms with Gasteiger partial charge in [-0.05, 0) is 40.2 Å². The molecule has 0 fully saturated rings. The number of hydrogen-bond acceptors (Lipinski definition) is 5. The maximum absolute atomic E-state index is 5.60. The fourth-order valence-electron chi connectivity index (χ4n) is 1.63. The summed E-state index contributed by atoms with van der Waals surface area (Å²) >= 11 is 0. The van der Waals surface area contributed by atoms with Crippen LogP contribution in [0.2, 0.25) is 0 Å². The van der Waals surface area contributed by atoms with Crippen LogP contribution in [0.3, 0.4) is 0 Å². The first-order chi connectivity index (χ1) is 8.46. The quantitative estimate of drug-likeness (QED) is 0.693. The number of anilines is 2. The topological polar surface area (TPSA) is 75.9 Å². The monoisotopic (exact) mass is 251 g/mol. The highest BCUT2D eigenvalue weighted by Crippen LogP contribution is 2.17. The summed E-state index contributed by atoms with van der Waals surface area (Å²) in [4.78, 5) is 8.45. The Bertz CT molecular complexity index is 364. The van der Waals surface area contributed by atoms with Gasteiger partial charge in [-0.15, -0.1) is 0 Å². The van der Waals surface area contributed by atoms with Gasteiger partial charge in [0.1, 0.15) is 18.0 Å². The molecule has 1 rings (SSSR count). The van der Waals surface area contributed by atoms with Gasteiger partial charge in [-0.2, -0.15) is 0 Å². The molecule has 0 aliphatic heterocycles. The van der Waals surface area contributed by atoms with E-state index in [0.29, 0.717) is 12.6 Å². The minimum atomic E-state index is -0.0588. The van der Waals surface area contributed by atoms with Crippen molar-refractivity contribution in [3.8, 4) is 0 Å². The number of aromatic nitrogens is 2. The molecule has 0 saturated carbocycles. The van der Waals surface area contributed by atoms with Gasteiger partial charge in [0.2, 0.25) is 0 Å². The Morgan fingerprint density at radius 3 is 2.61 bits per heavy atom. The van der Waals surface area contributed by atoms with Gasteiger partial charge in [-0.1, -0.05) is 6.92 Å². The molecule has 0 aliphatic rings. The number of nitrogens with one attached hydrogen (secondary N) is 2. The van der Waals surface area contributed by atoms with Crippen LogP contribution < -0.4 is 16.4 Å². The van der Waals surface area contributed by atoms with E-state index in [1.54, 1.807) is 6.33 Å². The van der Waals surface area contributed by atoms with Crippen LogP contribution in [0.4, 0.5) is 11.6 Å². The Balaban J connectivity index is 2.70. The van der Waals surface area contributed by atoms with Crippen LogP contribution in [0.25, 0.3) is 0 Å². The summed E-state index contributed by atoms with van der Waals surface area (Å²) in [6.07, 6.45) is 3.53. The Hall–Kier alpha value is -1.36. The second kappa shape index (κ2) is 6.54. The van der Waals surface area contributed by atoms with Crippen LogP contribution in [0, 0.1) is 0 Å². The third-order valence-electron chi connectivity index (χ3n) is 2.91. The molecule has 0 radical (unpaired) electrons. The molecule has 1 unspecified atom stereocenters. The third-order valence-corrected chi connectivity index (χ3v) is 2.91. The van der Waals surface area contributed by atoms with Gasteiger partial charge in [0.25, 0.3) is 0 Å². The zero-order valence-corrected chi connectivity index (χ0v) is 11.8. The molecule has 1 atom stereocenters. The van der Waals surface area contributed by atoms with Crippen molar-refractivity contribution in [3.63, 3.8) is 0 Å². The van der Waals surface area contributed by atoms with E-state index in [1.165, 1.54) is 0 Å². The van der Waals surface area contributed by atoms with E-state index in [0.717, 1.165) is 24.5 Å². The molecular formula is C13H25N5. The van der Waals surface area contributed by atoms with Gasteiger partial charge in [-0.25, -0.2) is 9.97 Å². The molecule has 0 saturated heterocycles. The Labute approximate surface area is 110 Å². The number of nitrogens with two attached hydrogens (primary N) is 1. The lowest BCUT2D eigenvalue weighted by molar-refractivity contribution is 0.524. The molecule has 0 aliphatic carbocycles. The highest BCUT2D eigenvalue weighted by atomic mass is 15.1. The number of hydrogen-bond donors (Lipinski definition) is 3.